The second-order valence-electron chi connectivity index (χ2n) is 3.79. The SMILES string of the molecule is CCNc1nc(NCCCO)nc(-n2ccnc2)n1. The molecule has 0 unspecified atom stereocenters. The van der Waals surface area contributed by atoms with Gasteiger partial charge in [-0.3, -0.25) is 4.57 Å². The summed E-state index contributed by atoms with van der Waals surface area (Å²) < 4.78 is 1.71. The number of nitrogens with zero attached hydrogens (tertiary/aromatic N) is 5. The molecule has 0 aliphatic carbocycles. The molecule has 102 valence electrons. The van der Waals surface area contributed by atoms with Crippen LogP contribution in [0, 0.1) is 0 Å². The van der Waals surface area contributed by atoms with Gasteiger partial charge in [-0.05, 0) is 13.3 Å². The van der Waals surface area contributed by atoms with Gasteiger partial charge in [-0.25, -0.2) is 4.98 Å². The van der Waals surface area contributed by atoms with E-state index in [4.69, 9.17) is 5.11 Å². The predicted molar refractivity (Wildman–Crippen MR) is 71.3 cm³/mol. The Balaban J connectivity index is 2.22. The number of aliphatic hydroxyl groups is 1. The molecule has 8 heteroatoms. The molecular weight excluding hydrogens is 246 g/mol. The highest BCUT2D eigenvalue weighted by Gasteiger charge is 2.07. The van der Waals surface area contributed by atoms with Crippen LogP contribution in [0.3, 0.4) is 0 Å². The van der Waals surface area contributed by atoms with E-state index in [9.17, 15) is 0 Å². The number of nitrogens with one attached hydrogen (secondary N) is 2. The van der Waals surface area contributed by atoms with E-state index in [0.29, 0.717) is 30.8 Å². The summed E-state index contributed by atoms with van der Waals surface area (Å²) in [6.07, 6.45) is 5.70. The zero-order valence-electron chi connectivity index (χ0n) is 10.7. The largest absolute Gasteiger partial charge is 0.396 e. The lowest BCUT2D eigenvalue weighted by atomic mass is 10.4. The van der Waals surface area contributed by atoms with Crippen LogP contribution < -0.4 is 10.6 Å². The van der Waals surface area contributed by atoms with Crippen LogP contribution in [0.25, 0.3) is 5.95 Å². The van der Waals surface area contributed by atoms with Crippen LogP contribution in [-0.4, -0.2) is 49.3 Å². The molecule has 0 aromatic carbocycles. The molecule has 0 atom stereocenters. The summed E-state index contributed by atoms with van der Waals surface area (Å²) in [5, 5.41) is 14.9. The van der Waals surface area contributed by atoms with E-state index >= 15 is 0 Å². The first-order chi connectivity index (χ1) is 9.33. The Morgan fingerprint density at radius 1 is 1.21 bits per heavy atom. The van der Waals surface area contributed by atoms with E-state index in [1.54, 1.807) is 23.3 Å². The van der Waals surface area contributed by atoms with E-state index in [1.165, 1.54) is 0 Å². The maximum Gasteiger partial charge on any atom is 0.241 e. The van der Waals surface area contributed by atoms with Gasteiger partial charge in [0.05, 0.1) is 0 Å². The van der Waals surface area contributed by atoms with Gasteiger partial charge in [0.1, 0.15) is 6.33 Å². The van der Waals surface area contributed by atoms with Crippen molar-refractivity contribution in [1.82, 2.24) is 24.5 Å². The van der Waals surface area contributed by atoms with E-state index in [0.717, 1.165) is 6.54 Å². The van der Waals surface area contributed by atoms with Gasteiger partial charge >= 0.3 is 0 Å². The summed E-state index contributed by atoms with van der Waals surface area (Å²) in [5.41, 5.74) is 0. The van der Waals surface area contributed by atoms with Crippen LogP contribution in [0.4, 0.5) is 11.9 Å². The third kappa shape index (κ3) is 3.62. The maximum absolute atomic E-state index is 8.77. The smallest absolute Gasteiger partial charge is 0.241 e. The summed E-state index contributed by atoms with van der Waals surface area (Å²) in [6, 6.07) is 0. The Hall–Kier alpha value is -2.22. The van der Waals surface area contributed by atoms with Gasteiger partial charge in [-0.1, -0.05) is 0 Å². The number of aromatic nitrogens is 5. The number of hydrogen-bond acceptors (Lipinski definition) is 7. The van der Waals surface area contributed by atoms with Crippen LogP contribution in [0.2, 0.25) is 0 Å². The topological polar surface area (TPSA) is 101 Å². The fraction of sp³-hybridized carbons (Fsp3) is 0.455. The second kappa shape index (κ2) is 6.64. The molecule has 0 spiro atoms. The molecule has 2 aromatic rings. The molecule has 0 bridgehead atoms. The molecular formula is C11H17N7O. The van der Waals surface area contributed by atoms with Gasteiger partial charge in [0.2, 0.25) is 17.8 Å². The Bertz CT molecular complexity index is 500. The average Bonchev–Trinajstić information content (AvgIpc) is 2.93. The summed E-state index contributed by atoms with van der Waals surface area (Å²) in [5.74, 6) is 1.48. The van der Waals surface area contributed by atoms with E-state index in [2.05, 4.69) is 30.6 Å². The molecule has 2 heterocycles. The highest BCUT2D eigenvalue weighted by Crippen LogP contribution is 2.09. The lowest BCUT2D eigenvalue weighted by molar-refractivity contribution is 0.292. The first-order valence-electron chi connectivity index (χ1n) is 6.16. The second-order valence-corrected chi connectivity index (χ2v) is 3.79. The van der Waals surface area contributed by atoms with Crippen molar-refractivity contribution in [2.24, 2.45) is 0 Å². The summed E-state index contributed by atoms with van der Waals surface area (Å²) in [6.45, 7) is 3.44. The monoisotopic (exact) mass is 263 g/mol. The third-order valence-corrected chi connectivity index (χ3v) is 2.31. The van der Waals surface area contributed by atoms with Crippen LogP contribution >= 0.6 is 0 Å². The minimum atomic E-state index is 0.131. The average molecular weight is 263 g/mol. The summed E-state index contributed by atoms with van der Waals surface area (Å²) >= 11 is 0. The van der Waals surface area contributed by atoms with Gasteiger partial charge < -0.3 is 15.7 Å². The Kier molecular flexibility index (Phi) is 4.62. The maximum atomic E-state index is 8.77. The van der Waals surface area contributed by atoms with Gasteiger partial charge in [-0.15, -0.1) is 0 Å². The Labute approximate surface area is 111 Å². The van der Waals surface area contributed by atoms with E-state index < -0.39 is 0 Å². The van der Waals surface area contributed by atoms with Crippen LogP contribution in [0.5, 0.6) is 0 Å². The number of hydrogen-bond donors (Lipinski definition) is 3. The molecule has 0 aliphatic heterocycles. The number of rotatable bonds is 7. The van der Waals surface area contributed by atoms with Crippen molar-refractivity contribution in [3.63, 3.8) is 0 Å². The zero-order valence-corrected chi connectivity index (χ0v) is 10.7. The Morgan fingerprint density at radius 3 is 2.63 bits per heavy atom. The predicted octanol–water partition coefficient (Wildman–Crippen LogP) is 0.283. The fourth-order valence-electron chi connectivity index (χ4n) is 1.45. The van der Waals surface area contributed by atoms with Gasteiger partial charge in [0, 0.05) is 32.1 Å². The minimum absolute atomic E-state index is 0.131. The molecule has 3 N–H and O–H groups in total. The van der Waals surface area contributed by atoms with Crippen LogP contribution in [0.15, 0.2) is 18.7 Å². The van der Waals surface area contributed by atoms with Gasteiger partial charge in [-0.2, -0.15) is 15.0 Å². The molecule has 0 aliphatic rings. The summed E-state index contributed by atoms with van der Waals surface area (Å²) in [7, 11) is 0. The van der Waals surface area contributed by atoms with E-state index in [-0.39, 0.29) is 6.61 Å². The van der Waals surface area contributed by atoms with Crippen molar-refractivity contribution in [3.05, 3.63) is 18.7 Å². The van der Waals surface area contributed by atoms with Crippen molar-refractivity contribution < 1.29 is 5.11 Å². The molecule has 0 amide bonds. The van der Waals surface area contributed by atoms with Crippen LogP contribution in [0.1, 0.15) is 13.3 Å². The summed E-state index contributed by atoms with van der Waals surface area (Å²) in [4.78, 5) is 16.8. The fourth-order valence-corrected chi connectivity index (χ4v) is 1.45. The van der Waals surface area contributed by atoms with Crippen molar-refractivity contribution >= 4 is 11.9 Å². The van der Waals surface area contributed by atoms with Crippen molar-refractivity contribution in [2.75, 3.05) is 30.3 Å². The third-order valence-electron chi connectivity index (χ3n) is 2.31. The number of anilines is 2. The molecule has 2 aromatic heterocycles. The highest BCUT2D eigenvalue weighted by atomic mass is 16.3. The Morgan fingerprint density at radius 2 is 2.00 bits per heavy atom. The molecule has 0 fully saturated rings. The van der Waals surface area contributed by atoms with Gasteiger partial charge in [0.15, 0.2) is 0 Å². The minimum Gasteiger partial charge on any atom is -0.396 e. The standard InChI is InChI=1S/C11H17N7O/c1-2-13-9-15-10(14-4-3-7-19)17-11(16-9)18-6-5-12-8-18/h5-6,8,19H,2-4,7H2,1H3,(H2,13,14,15,16,17). The lowest BCUT2D eigenvalue weighted by Gasteiger charge is -2.09. The lowest BCUT2D eigenvalue weighted by Crippen LogP contribution is -2.13. The molecule has 0 radical (unpaired) electrons. The zero-order chi connectivity index (χ0) is 13.5. The molecule has 19 heavy (non-hydrogen) atoms. The molecule has 2 rings (SSSR count). The first kappa shape index (κ1) is 13.2. The molecule has 0 saturated heterocycles. The quantitative estimate of drug-likeness (QED) is 0.617. The highest BCUT2D eigenvalue weighted by molar-refractivity contribution is 5.37. The van der Waals surface area contributed by atoms with E-state index in [1.807, 2.05) is 6.92 Å². The molecule has 8 nitrogen and oxygen atoms in total. The van der Waals surface area contributed by atoms with Crippen molar-refractivity contribution in [1.29, 1.82) is 0 Å². The van der Waals surface area contributed by atoms with Crippen LogP contribution in [-0.2, 0) is 0 Å². The number of imidazole rings is 1. The normalized spacial score (nSPS) is 10.4. The first-order valence-corrected chi connectivity index (χ1v) is 6.16. The van der Waals surface area contributed by atoms with Crippen molar-refractivity contribution in [2.45, 2.75) is 13.3 Å². The molecule has 0 saturated carbocycles. The van der Waals surface area contributed by atoms with Crippen molar-refractivity contribution in [3.8, 4) is 5.95 Å². The van der Waals surface area contributed by atoms with Gasteiger partial charge in [0.25, 0.3) is 0 Å². The number of aliphatic hydroxyl groups excluding tert-OH is 1.